The monoisotopic (exact) mass is 344 g/mol. The van der Waals surface area contributed by atoms with Crippen LogP contribution in [0.1, 0.15) is 32.5 Å². The molecular weight excluding hydrogens is 320 g/mol. The van der Waals surface area contributed by atoms with Crippen molar-refractivity contribution >= 4 is 5.91 Å². The second-order valence-electron chi connectivity index (χ2n) is 7.48. The molecule has 0 radical (unpaired) electrons. The number of hydrogen-bond donors (Lipinski definition) is 0. The lowest BCUT2D eigenvalue weighted by Crippen LogP contribution is -2.44. The van der Waals surface area contributed by atoms with Gasteiger partial charge in [0.25, 0.3) is 0 Å². The number of carbonyl (C=O) groups excluding carboxylic acids is 1. The zero-order chi connectivity index (χ0) is 17.6. The highest BCUT2D eigenvalue weighted by Gasteiger charge is 2.41. The van der Waals surface area contributed by atoms with Gasteiger partial charge in [-0.15, -0.1) is 0 Å². The highest BCUT2D eigenvalue weighted by molar-refractivity contribution is 5.77. The molecule has 0 N–H and O–H groups in total. The minimum Gasteiger partial charge on any atom is -0.333 e. The summed E-state index contributed by atoms with van der Waals surface area (Å²) in [7, 11) is 0. The van der Waals surface area contributed by atoms with Crippen LogP contribution in [0.5, 0.6) is 0 Å². The van der Waals surface area contributed by atoms with E-state index in [1.807, 2.05) is 11.0 Å². The molecule has 2 bridgehead atoms. The molecular formula is C17H24N6O2. The van der Waals surface area contributed by atoms with Crippen molar-refractivity contribution in [2.45, 2.75) is 64.8 Å². The average molecular weight is 344 g/mol. The standard InChI is InChI=1S/C17H24N6O2/c1-12(2)9-22-17(25)21-10-14-5-4-13(8-15(21)19-22)23(14)16(24)11-20-7-3-6-18-20/h3,6-7,12-14H,4-5,8-11H2,1-2H3. The minimum atomic E-state index is -0.0456. The normalized spacial score (nSPS) is 22.3. The highest BCUT2D eigenvalue weighted by Crippen LogP contribution is 2.30. The van der Waals surface area contributed by atoms with Gasteiger partial charge in [0.05, 0.1) is 6.04 Å². The van der Waals surface area contributed by atoms with Crippen molar-refractivity contribution in [3.8, 4) is 0 Å². The van der Waals surface area contributed by atoms with Gasteiger partial charge in [-0.05, 0) is 24.8 Å². The van der Waals surface area contributed by atoms with E-state index in [0.717, 1.165) is 18.7 Å². The van der Waals surface area contributed by atoms with E-state index < -0.39 is 0 Å². The molecule has 0 aliphatic carbocycles. The van der Waals surface area contributed by atoms with Crippen LogP contribution < -0.4 is 5.69 Å². The number of amides is 1. The molecule has 2 aliphatic heterocycles. The first-order chi connectivity index (χ1) is 12.0. The summed E-state index contributed by atoms with van der Waals surface area (Å²) in [5.74, 6) is 1.26. The molecule has 0 spiro atoms. The summed E-state index contributed by atoms with van der Waals surface area (Å²) < 4.78 is 5.02. The van der Waals surface area contributed by atoms with Gasteiger partial charge >= 0.3 is 5.69 Å². The topological polar surface area (TPSA) is 78.0 Å². The van der Waals surface area contributed by atoms with Crippen LogP contribution >= 0.6 is 0 Å². The molecule has 0 aromatic carbocycles. The van der Waals surface area contributed by atoms with Gasteiger partial charge in [-0.3, -0.25) is 14.0 Å². The molecule has 2 atom stereocenters. The average Bonchev–Trinajstić information content (AvgIpc) is 3.21. The fourth-order valence-electron chi connectivity index (χ4n) is 4.07. The predicted octanol–water partition coefficient (Wildman–Crippen LogP) is 0.513. The molecule has 4 heterocycles. The third-order valence-corrected chi connectivity index (χ3v) is 5.11. The number of aromatic nitrogens is 5. The predicted molar refractivity (Wildman–Crippen MR) is 90.9 cm³/mol. The van der Waals surface area contributed by atoms with Crippen LogP contribution in [0.15, 0.2) is 23.3 Å². The van der Waals surface area contributed by atoms with Crippen LogP contribution in [0.2, 0.25) is 0 Å². The van der Waals surface area contributed by atoms with Crippen molar-refractivity contribution in [1.82, 2.24) is 29.0 Å². The van der Waals surface area contributed by atoms with Gasteiger partial charge in [0.15, 0.2) is 0 Å². The Morgan fingerprint density at radius 1 is 1.32 bits per heavy atom. The number of fused-ring (bicyclic) bond motifs is 3. The van der Waals surface area contributed by atoms with E-state index in [2.05, 4.69) is 24.0 Å². The van der Waals surface area contributed by atoms with Crippen LogP contribution in [-0.2, 0) is 30.8 Å². The van der Waals surface area contributed by atoms with E-state index in [0.29, 0.717) is 25.4 Å². The second kappa shape index (κ2) is 6.16. The van der Waals surface area contributed by atoms with Crippen LogP contribution in [-0.4, -0.2) is 47.0 Å². The van der Waals surface area contributed by atoms with Crippen LogP contribution in [0.3, 0.4) is 0 Å². The van der Waals surface area contributed by atoms with Gasteiger partial charge < -0.3 is 4.90 Å². The van der Waals surface area contributed by atoms with E-state index in [1.54, 1.807) is 26.3 Å². The van der Waals surface area contributed by atoms with Gasteiger partial charge in [0.2, 0.25) is 5.91 Å². The Labute approximate surface area is 146 Å². The van der Waals surface area contributed by atoms with E-state index in [1.165, 1.54) is 0 Å². The van der Waals surface area contributed by atoms with Crippen LogP contribution in [0.25, 0.3) is 0 Å². The first-order valence-electron chi connectivity index (χ1n) is 8.98. The Morgan fingerprint density at radius 2 is 2.12 bits per heavy atom. The Bertz CT molecular complexity index is 819. The van der Waals surface area contributed by atoms with Crippen molar-refractivity contribution in [3.63, 3.8) is 0 Å². The lowest BCUT2D eigenvalue weighted by molar-refractivity contribution is -0.135. The number of hydrogen-bond acceptors (Lipinski definition) is 4. The van der Waals surface area contributed by atoms with Gasteiger partial charge in [-0.1, -0.05) is 13.8 Å². The van der Waals surface area contributed by atoms with E-state index in [4.69, 9.17) is 0 Å². The summed E-state index contributed by atoms with van der Waals surface area (Å²) in [6, 6.07) is 2.02. The van der Waals surface area contributed by atoms with Crippen molar-refractivity contribution in [1.29, 1.82) is 0 Å². The molecule has 8 heteroatoms. The quantitative estimate of drug-likeness (QED) is 0.810. The lowest BCUT2D eigenvalue weighted by atomic mass is 10.1. The molecule has 2 aromatic rings. The molecule has 2 unspecified atom stereocenters. The van der Waals surface area contributed by atoms with Crippen LogP contribution in [0.4, 0.5) is 0 Å². The van der Waals surface area contributed by atoms with Crippen LogP contribution in [0, 0.1) is 5.92 Å². The van der Waals surface area contributed by atoms with Crippen molar-refractivity contribution in [3.05, 3.63) is 34.8 Å². The molecule has 1 amide bonds. The smallest absolute Gasteiger partial charge is 0.333 e. The fraction of sp³-hybridized carbons (Fsp3) is 0.647. The summed E-state index contributed by atoms with van der Waals surface area (Å²) in [5.41, 5.74) is -0.0456. The van der Waals surface area contributed by atoms with E-state index in [-0.39, 0.29) is 30.2 Å². The zero-order valence-electron chi connectivity index (χ0n) is 14.7. The third kappa shape index (κ3) is 2.89. The SMILES string of the molecule is CC(C)Cn1nc2n(c1=O)CC1CCC(C2)N1C(=O)Cn1cccn1. The first kappa shape index (κ1) is 16.1. The Kier molecular flexibility index (Phi) is 3.97. The zero-order valence-corrected chi connectivity index (χ0v) is 14.7. The summed E-state index contributed by atoms with van der Waals surface area (Å²) in [5, 5.41) is 8.68. The summed E-state index contributed by atoms with van der Waals surface area (Å²) in [6.07, 6.45) is 6.05. The highest BCUT2D eigenvalue weighted by atomic mass is 16.2. The maximum atomic E-state index is 12.8. The lowest BCUT2D eigenvalue weighted by Gasteiger charge is -2.28. The summed E-state index contributed by atoms with van der Waals surface area (Å²) in [4.78, 5) is 27.4. The molecule has 1 saturated heterocycles. The Morgan fingerprint density at radius 3 is 2.84 bits per heavy atom. The molecule has 8 nitrogen and oxygen atoms in total. The maximum Gasteiger partial charge on any atom is 0.345 e. The number of carbonyl (C=O) groups is 1. The summed E-state index contributed by atoms with van der Waals surface area (Å²) in [6.45, 7) is 5.59. The second-order valence-corrected chi connectivity index (χ2v) is 7.48. The molecule has 1 fully saturated rings. The molecule has 25 heavy (non-hydrogen) atoms. The molecule has 134 valence electrons. The number of nitrogens with zero attached hydrogens (tertiary/aromatic N) is 6. The number of rotatable bonds is 4. The fourth-order valence-corrected chi connectivity index (χ4v) is 4.07. The Balaban J connectivity index is 1.58. The third-order valence-electron chi connectivity index (χ3n) is 5.11. The largest absolute Gasteiger partial charge is 0.345 e. The Hall–Kier alpha value is -2.38. The molecule has 4 rings (SSSR count). The minimum absolute atomic E-state index is 0.0456. The van der Waals surface area contributed by atoms with Gasteiger partial charge in [-0.2, -0.15) is 10.2 Å². The maximum absolute atomic E-state index is 12.8. The van der Waals surface area contributed by atoms with Gasteiger partial charge in [0, 0.05) is 37.9 Å². The van der Waals surface area contributed by atoms with Crippen molar-refractivity contribution in [2.75, 3.05) is 0 Å². The van der Waals surface area contributed by atoms with Crippen molar-refractivity contribution in [2.24, 2.45) is 5.92 Å². The first-order valence-corrected chi connectivity index (χ1v) is 8.98. The van der Waals surface area contributed by atoms with Gasteiger partial charge in [-0.25, -0.2) is 9.48 Å². The molecule has 2 aromatic heterocycles. The molecule has 0 saturated carbocycles. The van der Waals surface area contributed by atoms with E-state index in [9.17, 15) is 9.59 Å². The van der Waals surface area contributed by atoms with Crippen molar-refractivity contribution < 1.29 is 4.79 Å². The van der Waals surface area contributed by atoms with Gasteiger partial charge in [0.1, 0.15) is 12.4 Å². The van der Waals surface area contributed by atoms with E-state index >= 15 is 0 Å². The molecule has 2 aliphatic rings. The summed E-state index contributed by atoms with van der Waals surface area (Å²) >= 11 is 0.